The number of nitrogen functional groups attached to an aromatic ring is 1. The first-order valence-electron chi connectivity index (χ1n) is 16.4. The number of benzene rings is 2. The average molecular weight is 717 g/mol. The van der Waals surface area contributed by atoms with Gasteiger partial charge in [-0.25, -0.2) is 8.78 Å². The quantitative estimate of drug-likeness (QED) is 0.203. The highest BCUT2D eigenvalue weighted by Crippen LogP contribution is 2.51. The van der Waals surface area contributed by atoms with Gasteiger partial charge in [0.25, 0.3) is 0 Å². The fourth-order valence-corrected chi connectivity index (χ4v) is 9.82. The number of nitriles is 1. The minimum atomic E-state index is -2.90. The molecule has 4 aliphatic heterocycles. The van der Waals surface area contributed by atoms with Crippen LogP contribution in [0, 0.1) is 28.9 Å². The molecule has 4 aliphatic rings. The van der Waals surface area contributed by atoms with Crippen LogP contribution >= 0.6 is 22.9 Å². The maximum atomic E-state index is 17.2. The van der Waals surface area contributed by atoms with Crippen molar-refractivity contribution in [1.29, 1.82) is 5.26 Å². The van der Waals surface area contributed by atoms with Gasteiger partial charge in [0.2, 0.25) is 0 Å². The van der Waals surface area contributed by atoms with Crippen LogP contribution in [0.3, 0.4) is 0 Å². The number of hydrogen-bond donors (Lipinski definition) is 1. The predicted octanol–water partition coefficient (Wildman–Crippen LogP) is 7.51. The molecule has 0 radical (unpaired) electrons. The SMILES string of the molecule is C[C@H]1CN2CCCC2(COc2nc3c4c(c(Cl)c(-c5ccc(F)c6sc(N)c(C#N)c56)c(F)c4n2)OCCC2CC(OC(F)F)CCN32)C1. The van der Waals surface area contributed by atoms with Gasteiger partial charge in [-0.2, -0.15) is 24.0 Å². The molecule has 0 bridgehead atoms. The van der Waals surface area contributed by atoms with Gasteiger partial charge in [0, 0.05) is 36.5 Å². The van der Waals surface area contributed by atoms with Crippen LogP contribution in [0.5, 0.6) is 11.8 Å². The maximum Gasteiger partial charge on any atom is 0.345 e. The van der Waals surface area contributed by atoms with Crippen molar-refractivity contribution in [1.82, 2.24) is 14.9 Å². The number of aromatic nitrogens is 2. The molecule has 0 aliphatic carbocycles. The lowest BCUT2D eigenvalue weighted by Crippen LogP contribution is -2.47. The number of fused-ring (bicyclic) bond motifs is 4. The second-order valence-electron chi connectivity index (χ2n) is 13.5. The number of piperidine rings is 1. The Morgan fingerprint density at radius 3 is 2.86 bits per heavy atom. The monoisotopic (exact) mass is 716 g/mol. The highest BCUT2D eigenvalue weighted by molar-refractivity contribution is 7.23. The number of thiophene rings is 1. The van der Waals surface area contributed by atoms with Crippen molar-refractivity contribution in [2.24, 2.45) is 5.92 Å². The number of hydrogen-bond acceptors (Lipinski definition) is 10. The van der Waals surface area contributed by atoms with Gasteiger partial charge in [0.1, 0.15) is 34.8 Å². The zero-order valence-electron chi connectivity index (χ0n) is 26.6. The molecule has 4 aromatic rings. The first-order valence-corrected chi connectivity index (χ1v) is 17.6. The van der Waals surface area contributed by atoms with E-state index in [0.29, 0.717) is 44.1 Å². The van der Waals surface area contributed by atoms with Gasteiger partial charge < -0.3 is 24.8 Å². The van der Waals surface area contributed by atoms with Crippen molar-refractivity contribution < 1.29 is 31.8 Å². The van der Waals surface area contributed by atoms with E-state index in [1.165, 1.54) is 12.1 Å². The third-order valence-electron chi connectivity index (χ3n) is 10.5. The van der Waals surface area contributed by atoms with Crippen molar-refractivity contribution >= 4 is 54.7 Å². The molecule has 3 saturated heterocycles. The Kier molecular flexibility index (Phi) is 8.17. The fraction of sp³-hybridized carbons (Fsp3) is 0.500. The summed E-state index contributed by atoms with van der Waals surface area (Å²) in [6.45, 7) is 2.04. The molecule has 2 aromatic heterocycles. The summed E-state index contributed by atoms with van der Waals surface area (Å²) in [5, 5.41) is 10.3. The molecule has 4 atom stereocenters. The van der Waals surface area contributed by atoms with E-state index in [1.54, 1.807) is 0 Å². The summed E-state index contributed by atoms with van der Waals surface area (Å²) in [6, 6.07) is 4.24. The van der Waals surface area contributed by atoms with Crippen LogP contribution in [0.2, 0.25) is 5.02 Å². The number of nitrogens with zero attached hydrogens (tertiary/aromatic N) is 5. The smallest absolute Gasteiger partial charge is 0.345 e. The van der Waals surface area contributed by atoms with E-state index in [0.717, 1.165) is 43.7 Å². The zero-order chi connectivity index (χ0) is 34.2. The van der Waals surface area contributed by atoms with Crippen molar-refractivity contribution in [2.45, 2.75) is 69.7 Å². The van der Waals surface area contributed by atoms with Gasteiger partial charge in [-0.3, -0.25) is 4.90 Å². The van der Waals surface area contributed by atoms with E-state index in [4.69, 9.17) is 36.5 Å². The molecule has 3 fully saturated rings. The van der Waals surface area contributed by atoms with Crippen LogP contribution in [-0.2, 0) is 4.74 Å². The number of rotatable bonds is 6. The largest absolute Gasteiger partial charge is 0.491 e. The molecule has 0 saturated carbocycles. The molecule has 0 amide bonds. The Morgan fingerprint density at radius 1 is 1.22 bits per heavy atom. The number of ether oxygens (including phenoxy) is 3. The van der Waals surface area contributed by atoms with Crippen molar-refractivity contribution in [3.05, 3.63) is 34.4 Å². The van der Waals surface area contributed by atoms with Crippen LogP contribution in [0.25, 0.3) is 32.1 Å². The lowest BCUT2D eigenvalue weighted by atomic mass is 9.92. The highest BCUT2D eigenvalue weighted by Gasteiger charge is 2.48. The predicted molar refractivity (Wildman–Crippen MR) is 179 cm³/mol. The summed E-state index contributed by atoms with van der Waals surface area (Å²) in [4.78, 5) is 13.9. The van der Waals surface area contributed by atoms with E-state index >= 15 is 8.78 Å². The van der Waals surface area contributed by atoms with Crippen LogP contribution < -0.4 is 20.1 Å². The first kappa shape index (κ1) is 32.6. The van der Waals surface area contributed by atoms with Gasteiger partial charge in [-0.1, -0.05) is 24.6 Å². The normalized spacial score (nSPS) is 25.3. The molecule has 2 N–H and O–H groups in total. The minimum Gasteiger partial charge on any atom is -0.491 e. The van der Waals surface area contributed by atoms with Crippen LogP contribution in [0.4, 0.5) is 28.4 Å². The number of nitrogens with two attached hydrogens (primary N) is 1. The van der Waals surface area contributed by atoms with E-state index < -0.39 is 24.3 Å². The fourth-order valence-electron chi connectivity index (χ4n) is 8.54. The lowest BCUT2D eigenvalue weighted by molar-refractivity contribution is -0.169. The first-order chi connectivity index (χ1) is 23.6. The molecule has 6 heterocycles. The summed E-state index contributed by atoms with van der Waals surface area (Å²) in [5.41, 5.74) is 5.87. The topological polar surface area (TPSA) is 110 Å². The van der Waals surface area contributed by atoms with Crippen molar-refractivity contribution in [2.75, 3.05) is 43.5 Å². The standard InChI is InChI=1S/C34H33ClF4N6O3S/c1-16-12-34(7-2-8-44(34)14-16)15-47-33-42-27-24-28(46-10-6-17-11-18(48-32(38)39)5-9-45(17)31(24)43-33)25(35)23(26(27)37)19-3-4-21(36)29-22(19)20(13-40)30(41)49-29/h3-4,16-18,32H,2,5-12,14-15,41H2,1H3/t16-,17?,18?,34?/m1/s1. The van der Waals surface area contributed by atoms with Crippen molar-refractivity contribution in [3.8, 4) is 29.0 Å². The van der Waals surface area contributed by atoms with Gasteiger partial charge >= 0.3 is 12.6 Å². The molecule has 2 aromatic carbocycles. The van der Waals surface area contributed by atoms with Crippen LogP contribution in [0.15, 0.2) is 12.1 Å². The van der Waals surface area contributed by atoms with E-state index in [-0.39, 0.29) is 77.7 Å². The van der Waals surface area contributed by atoms with Gasteiger partial charge in [0.05, 0.1) is 38.9 Å². The zero-order valence-corrected chi connectivity index (χ0v) is 28.2. The van der Waals surface area contributed by atoms with Gasteiger partial charge in [-0.05, 0) is 56.2 Å². The number of anilines is 2. The Hall–Kier alpha value is -3.64. The highest BCUT2D eigenvalue weighted by atomic mass is 35.5. The molecule has 8 rings (SSSR count). The van der Waals surface area contributed by atoms with E-state index in [9.17, 15) is 14.0 Å². The molecular formula is C34H33ClF4N6O3S. The Bertz CT molecular complexity index is 2030. The Balaban J connectivity index is 1.32. The maximum absolute atomic E-state index is 17.2. The second-order valence-corrected chi connectivity index (χ2v) is 15.0. The summed E-state index contributed by atoms with van der Waals surface area (Å²) in [7, 11) is 0. The number of halogens is 5. The molecule has 15 heteroatoms. The Morgan fingerprint density at radius 2 is 2.06 bits per heavy atom. The molecule has 0 spiro atoms. The minimum absolute atomic E-state index is 0.0175. The number of alkyl halides is 2. The molecule has 258 valence electrons. The molecule has 9 nitrogen and oxygen atoms in total. The summed E-state index contributed by atoms with van der Waals surface area (Å²) < 4.78 is 76.2. The van der Waals surface area contributed by atoms with Gasteiger partial charge in [0.15, 0.2) is 11.6 Å². The molecule has 3 unspecified atom stereocenters. The van der Waals surface area contributed by atoms with Gasteiger partial charge in [-0.15, -0.1) is 11.3 Å². The second kappa shape index (κ2) is 12.3. The summed E-state index contributed by atoms with van der Waals surface area (Å²) in [5.74, 6) is -0.475. The average Bonchev–Trinajstić information content (AvgIpc) is 3.70. The Labute approximate surface area is 288 Å². The van der Waals surface area contributed by atoms with Crippen molar-refractivity contribution in [3.63, 3.8) is 0 Å². The van der Waals surface area contributed by atoms with Crippen LogP contribution in [-0.4, -0.2) is 72.0 Å². The summed E-state index contributed by atoms with van der Waals surface area (Å²) in [6.07, 6.45) is 3.33. The van der Waals surface area contributed by atoms with E-state index in [1.807, 2.05) is 11.0 Å². The molecule has 49 heavy (non-hydrogen) atoms. The summed E-state index contributed by atoms with van der Waals surface area (Å²) >= 11 is 7.93. The van der Waals surface area contributed by atoms with E-state index in [2.05, 4.69) is 16.8 Å². The molecular weight excluding hydrogens is 684 g/mol. The third-order valence-corrected chi connectivity index (χ3v) is 11.9. The lowest BCUT2D eigenvalue weighted by Gasteiger charge is -2.41. The third kappa shape index (κ3) is 5.32. The van der Waals surface area contributed by atoms with Crippen LogP contribution in [0.1, 0.15) is 51.0 Å².